The smallest absolute Gasteiger partial charge is 0.254 e. The average molecular weight is 399 g/mol. The molecule has 1 saturated heterocycles. The van der Waals surface area contributed by atoms with Crippen LogP contribution in [0.3, 0.4) is 0 Å². The van der Waals surface area contributed by atoms with Gasteiger partial charge >= 0.3 is 0 Å². The maximum Gasteiger partial charge on any atom is 0.254 e. The molecule has 0 spiro atoms. The highest BCUT2D eigenvalue weighted by atomic mass is 19.1. The Labute approximate surface area is 171 Å². The van der Waals surface area contributed by atoms with Crippen molar-refractivity contribution in [3.05, 3.63) is 71.0 Å². The molecule has 1 fully saturated rings. The zero-order chi connectivity index (χ0) is 20.8. The number of quaternary nitrogens is 1. The fourth-order valence-corrected chi connectivity index (χ4v) is 3.57. The van der Waals surface area contributed by atoms with Crippen LogP contribution in [0, 0.1) is 5.82 Å². The van der Waals surface area contributed by atoms with Gasteiger partial charge in [-0.1, -0.05) is 50.2 Å². The molecule has 5 nitrogen and oxygen atoms in total. The molecule has 0 saturated carbocycles. The molecule has 0 bridgehead atoms. The van der Waals surface area contributed by atoms with Gasteiger partial charge in [0, 0.05) is 5.56 Å². The van der Waals surface area contributed by atoms with E-state index in [9.17, 15) is 14.0 Å². The van der Waals surface area contributed by atoms with Gasteiger partial charge in [-0.05, 0) is 23.6 Å². The molecule has 3 rings (SSSR count). The zero-order valence-electron chi connectivity index (χ0n) is 17.1. The third-order valence-electron chi connectivity index (χ3n) is 5.44. The van der Waals surface area contributed by atoms with Gasteiger partial charge < -0.3 is 15.1 Å². The van der Waals surface area contributed by atoms with Gasteiger partial charge in [-0.25, -0.2) is 4.39 Å². The first-order chi connectivity index (χ1) is 13.9. The van der Waals surface area contributed by atoms with Crippen LogP contribution < -0.4 is 10.2 Å². The third-order valence-corrected chi connectivity index (χ3v) is 5.44. The molecule has 1 aliphatic heterocycles. The number of hydrogen-bond acceptors (Lipinski definition) is 2. The molecule has 0 aromatic heterocycles. The summed E-state index contributed by atoms with van der Waals surface area (Å²) < 4.78 is 13.6. The van der Waals surface area contributed by atoms with Gasteiger partial charge in [0.1, 0.15) is 12.4 Å². The first-order valence-electron chi connectivity index (χ1n) is 10.2. The zero-order valence-corrected chi connectivity index (χ0v) is 17.1. The monoisotopic (exact) mass is 398 g/mol. The topological polar surface area (TPSA) is 53.9 Å². The summed E-state index contributed by atoms with van der Waals surface area (Å²) in [7, 11) is 0. The van der Waals surface area contributed by atoms with E-state index in [4.69, 9.17) is 0 Å². The first kappa shape index (κ1) is 21.0. The number of piperazine rings is 1. The molecule has 2 amide bonds. The molecule has 0 atom stereocenters. The summed E-state index contributed by atoms with van der Waals surface area (Å²) in [4.78, 5) is 27.7. The molecule has 2 N–H and O–H groups in total. The van der Waals surface area contributed by atoms with E-state index >= 15 is 0 Å². The minimum absolute atomic E-state index is 0.0435. The number of benzene rings is 2. The van der Waals surface area contributed by atoms with Crippen LogP contribution in [0.2, 0.25) is 0 Å². The number of nitrogens with one attached hydrogen (secondary N) is 2. The molecule has 1 heterocycles. The van der Waals surface area contributed by atoms with E-state index in [0.29, 0.717) is 19.0 Å². The van der Waals surface area contributed by atoms with Crippen LogP contribution in [0.25, 0.3) is 0 Å². The van der Waals surface area contributed by atoms with Crippen LogP contribution in [-0.4, -0.2) is 49.4 Å². The van der Waals surface area contributed by atoms with E-state index in [1.165, 1.54) is 34.2 Å². The van der Waals surface area contributed by atoms with E-state index < -0.39 is 11.7 Å². The fourth-order valence-electron chi connectivity index (χ4n) is 3.57. The first-order valence-corrected chi connectivity index (χ1v) is 10.2. The van der Waals surface area contributed by atoms with Crippen molar-refractivity contribution < 1.29 is 18.9 Å². The Morgan fingerprint density at radius 2 is 1.72 bits per heavy atom. The van der Waals surface area contributed by atoms with Gasteiger partial charge in [-0.3, -0.25) is 9.59 Å². The molecule has 0 unspecified atom stereocenters. The van der Waals surface area contributed by atoms with Gasteiger partial charge in [0.05, 0.1) is 38.3 Å². The number of rotatable bonds is 6. The highest BCUT2D eigenvalue weighted by molar-refractivity contribution is 5.96. The van der Waals surface area contributed by atoms with Crippen LogP contribution in [-0.2, 0) is 11.3 Å². The summed E-state index contributed by atoms with van der Waals surface area (Å²) in [5.74, 6) is -0.749. The summed E-state index contributed by atoms with van der Waals surface area (Å²) in [6.45, 7) is 8.29. The standard InChI is InChI=1S/C23H28FN3O2/c1-17(2)19-9-7-18(8-10-19)16-26-11-13-27(14-12-26)22(28)15-25-23(29)20-5-3-4-6-21(20)24/h3-10,17H,11-16H2,1-2H3,(H,25,29)/p+1. The lowest BCUT2D eigenvalue weighted by atomic mass is 10.0. The quantitative estimate of drug-likeness (QED) is 0.777. The van der Waals surface area contributed by atoms with Gasteiger partial charge in [0.15, 0.2) is 0 Å². The number of carbonyl (C=O) groups excluding carboxylic acids is 2. The summed E-state index contributed by atoms with van der Waals surface area (Å²) >= 11 is 0. The lowest BCUT2D eigenvalue weighted by molar-refractivity contribution is -0.917. The number of nitrogens with zero attached hydrogens (tertiary/aromatic N) is 1. The minimum atomic E-state index is -0.587. The second-order valence-electron chi connectivity index (χ2n) is 7.87. The largest absolute Gasteiger partial charge is 0.343 e. The normalized spacial score (nSPS) is 14.8. The predicted molar refractivity (Wildman–Crippen MR) is 110 cm³/mol. The van der Waals surface area contributed by atoms with Gasteiger partial charge in [-0.2, -0.15) is 0 Å². The van der Waals surface area contributed by atoms with E-state index in [-0.39, 0.29) is 18.0 Å². The SMILES string of the molecule is CC(C)c1ccc(C[NH+]2CCN(C(=O)CNC(=O)c3ccccc3F)CC2)cc1. The van der Waals surface area contributed by atoms with E-state index in [1.54, 1.807) is 11.0 Å². The third kappa shape index (κ3) is 5.64. The van der Waals surface area contributed by atoms with E-state index in [1.807, 2.05) is 0 Å². The molecule has 0 radical (unpaired) electrons. The van der Waals surface area contributed by atoms with Crippen LogP contribution in [0.5, 0.6) is 0 Å². The number of hydrogen-bond donors (Lipinski definition) is 2. The summed E-state index contributed by atoms with van der Waals surface area (Å²) in [6, 6.07) is 14.5. The van der Waals surface area contributed by atoms with Crippen LogP contribution in [0.1, 0.15) is 41.3 Å². The van der Waals surface area contributed by atoms with Crippen molar-refractivity contribution in [2.24, 2.45) is 0 Å². The Balaban J connectivity index is 1.43. The lowest BCUT2D eigenvalue weighted by Crippen LogP contribution is -3.13. The van der Waals surface area contributed by atoms with Crippen molar-refractivity contribution in [2.75, 3.05) is 32.7 Å². The molecule has 0 aliphatic carbocycles. The lowest BCUT2D eigenvalue weighted by Gasteiger charge is -2.32. The van der Waals surface area contributed by atoms with E-state index in [2.05, 4.69) is 43.4 Å². The number of amides is 2. The van der Waals surface area contributed by atoms with E-state index in [0.717, 1.165) is 19.6 Å². The Kier molecular flexibility index (Phi) is 6.99. The molecule has 2 aromatic rings. The van der Waals surface area contributed by atoms with Crippen LogP contribution >= 0.6 is 0 Å². The Morgan fingerprint density at radius 3 is 2.34 bits per heavy atom. The maximum atomic E-state index is 13.6. The van der Waals surface area contributed by atoms with Crippen molar-refractivity contribution in [1.82, 2.24) is 10.2 Å². The summed E-state index contributed by atoms with van der Waals surface area (Å²) in [5.41, 5.74) is 2.61. The molecule has 2 aromatic carbocycles. The van der Waals surface area contributed by atoms with Crippen LogP contribution in [0.15, 0.2) is 48.5 Å². The van der Waals surface area contributed by atoms with Crippen molar-refractivity contribution in [1.29, 1.82) is 0 Å². The molecule has 29 heavy (non-hydrogen) atoms. The molecule has 1 aliphatic rings. The Hall–Kier alpha value is -2.73. The second-order valence-corrected chi connectivity index (χ2v) is 7.87. The molecular weight excluding hydrogens is 369 g/mol. The highest BCUT2D eigenvalue weighted by Gasteiger charge is 2.24. The van der Waals surface area contributed by atoms with Crippen molar-refractivity contribution in [2.45, 2.75) is 26.3 Å². The minimum Gasteiger partial charge on any atom is -0.343 e. The number of carbonyl (C=O) groups is 2. The fraction of sp³-hybridized carbons (Fsp3) is 0.391. The Morgan fingerprint density at radius 1 is 1.07 bits per heavy atom. The summed E-state index contributed by atoms with van der Waals surface area (Å²) in [5, 5.41) is 2.53. The predicted octanol–water partition coefficient (Wildman–Crippen LogP) is 1.61. The van der Waals surface area contributed by atoms with Crippen molar-refractivity contribution >= 4 is 11.8 Å². The van der Waals surface area contributed by atoms with Gasteiger partial charge in [0.25, 0.3) is 5.91 Å². The average Bonchev–Trinajstić information content (AvgIpc) is 2.73. The van der Waals surface area contributed by atoms with Gasteiger partial charge in [0.2, 0.25) is 5.91 Å². The van der Waals surface area contributed by atoms with Crippen molar-refractivity contribution in [3.63, 3.8) is 0 Å². The molecule has 154 valence electrons. The Bertz CT molecular complexity index is 843. The summed E-state index contributed by atoms with van der Waals surface area (Å²) in [6.07, 6.45) is 0. The second kappa shape index (κ2) is 9.65. The number of halogens is 1. The molecular formula is C23H29FN3O2+. The van der Waals surface area contributed by atoms with Crippen molar-refractivity contribution in [3.8, 4) is 0 Å². The highest BCUT2D eigenvalue weighted by Crippen LogP contribution is 2.14. The maximum absolute atomic E-state index is 13.6. The van der Waals surface area contributed by atoms with Gasteiger partial charge in [-0.15, -0.1) is 0 Å². The molecule has 6 heteroatoms. The van der Waals surface area contributed by atoms with Crippen LogP contribution in [0.4, 0.5) is 4.39 Å².